The summed E-state index contributed by atoms with van der Waals surface area (Å²) in [5.41, 5.74) is 6.31. The maximum absolute atomic E-state index is 8.36. The van der Waals surface area contributed by atoms with Gasteiger partial charge in [0, 0.05) is 18.5 Å². The van der Waals surface area contributed by atoms with E-state index in [2.05, 4.69) is 21.9 Å². The van der Waals surface area contributed by atoms with Gasteiger partial charge in [-0.25, -0.2) is 9.97 Å². The highest BCUT2D eigenvalue weighted by Crippen LogP contribution is 1.99. The zero-order valence-corrected chi connectivity index (χ0v) is 13.0. The highest BCUT2D eigenvalue weighted by Gasteiger charge is 1.94. The van der Waals surface area contributed by atoms with Crippen molar-refractivity contribution in [3.8, 4) is 0 Å². The third-order valence-electron chi connectivity index (χ3n) is 2.12. The molecule has 6 nitrogen and oxygen atoms in total. The Labute approximate surface area is 126 Å². The molecular weight excluding hydrogens is 268 g/mol. The summed E-state index contributed by atoms with van der Waals surface area (Å²) in [4.78, 5) is 20.6. The molecule has 0 aromatic carbocycles. The Hall–Kier alpha value is -2.08. The smallest absolute Gasteiger partial charge is 0.290 e. The normalized spacial score (nSPS) is 11.2. The summed E-state index contributed by atoms with van der Waals surface area (Å²) in [7, 11) is 0. The number of rotatable bonds is 6. The molecule has 0 bridgehead atoms. The molecule has 0 saturated heterocycles. The van der Waals surface area contributed by atoms with Crippen LogP contribution < -0.4 is 5.73 Å². The molecule has 0 saturated carbocycles. The highest BCUT2D eigenvalue weighted by molar-refractivity contribution is 5.77. The van der Waals surface area contributed by atoms with Crippen molar-refractivity contribution in [2.24, 2.45) is 10.7 Å². The SMILES string of the molecule is CC.CC(CCCN)N=C/C=C/c1ccncn1.O=CO. The third kappa shape index (κ3) is 15.9. The molecule has 0 aliphatic heterocycles. The van der Waals surface area contributed by atoms with Gasteiger partial charge in [-0.2, -0.15) is 0 Å². The summed E-state index contributed by atoms with van der Waals surface area (Å²) in [6.45, 7) is 6.57. The Morgan fingerprint density at radius 3 is 2.67 bits per heavy atom. The van der Waals surface area contributed by atoms with E-state index in [0.29, 0.717) is 6.04 Å². The fraction of sp³-hybridized carbons (Fsp3) is 0.467. The second-order valence-corrected chi connectivity index (χ2v) is 3.68. The van der Waals surface area contributed by atoms with Gasteiger partial charge in [0.1, 0.15) is 6.33 Å². The molecule has 0 fully saturated rings. The molecule has 1 unspecified atom stereocenters. The van der Waals surface area contributed by atoms with E-state index in [1.165, 1.54) is 6.33 Å². The average molecular weight is 294 g/mol. The first kappa shape index (κ1) is 21.2. The Balaban J connectivity index is 0. The molecule has 1 rings (SSSR count). The lowest BCUT2D eigenvalue weighted by Gasteiger charge is -2.02. The van der Waals surface area contributed by atoms with Crippen LogP contribution in [0.3, 0.4) is 0 Å². The Kier molecular flexibility index (Phi) is 18.1. The topological polar surface area (TPSA) is 101 Å². The van der Waals surface area contributed by atoms with Crippen LogP contribution in [-0.2, 0) is 4.79 Å². The quantitative estimate of drug-likeness (QED) is 0.619. The lowest BCUT2D eigenvalue weighted by atomic mass is 10.2. The number of carboxylic acid groups (broad SMARTS) is 1. The van der Waals surface area contributed by atoms with Gasteiger partial charge in [0.15, 0.2) is 0 Å². The van der Waals surface area contributed by atoms with E-state index in [4.69, 9.17) is 15.6 Å². The van der Waals surface area contributed by atoms with Crippen LogP contribution >= 0.6 is 0 Å². The van der Waals surface area contributed by atoms with Crippen LogP contribution in [0.25, 0.3) is 6.08 Å². The Bertz CT molecular complexity index is 381. The lowest BCUT2D eigenvalue weighted by Crippen LogP contribution is -2.04. The van der Waals surface area contributed by atoms with E-state index in [0.717, 1.165) is 25.1 Å². The summed E-state index contributed by atoms with van der Waals surface area (Å²) in [5.74, 6) is 0. The number of nitrogens with zero attached hydrogens (tertiary/aromatic N) is 3. The van der Waals surface area contributed by atoms with Crippen molar-refractivity contribution in [3.05, 3.63) is 30.4 Å². The molecule has 3 N–H and O–H groups in total. The van der Waals surface area contributed by atoms with Crippen LogP contribution in [0.1, 0.15) is 39.3 Å². The third-order valence-corrected chi connectivity index (χ3v) is 2.12. The maximum Gasteiger partial charge on any atom is 0.290 e. The maximum atomic E-state index is 8.36. The van der Waals surface area contributed by atoms with E-state index in [9.17, 15) is 0 Å². The second-order valence-electron chi connectivity index (χ2n) is 3.68. The van der Waals surface area contributed by atoms with E-state index < -0.39 is 0 Å². The largest absolute Gasteiger partial charge is 0.483 e. The zero-order chi connectivity index (χ0) is 16.3. The van der Waals surface area contributed by atoms with Gasteiger partial charge in [-0.1, -0.05) is 13.8 Å². The van der Waals surface area contributed by atoms with E-state index >= 15 is 0 Å². The first-order valence-corrected chi connectivity index (χ1v) is 6.98. The molecular formula is C15H26N4O2. The molecule has 0 aliphatic carbocycles. The van der Waals surface area contributed by atoms with Crippen LogP contribution in [0, 0.1) is 0 Å². The lowest BCUT2D eigenvalue weighted by molar-refractivity contribution is -0.122. The number of hydrogen-bond acceptors (Lipinski definition) is 5. The number of nitrogens with two attached hydrogens (primary N) is 1. The van der Waals surface area contributed by atoms with Crippen LogP contribution in [0.5, 0.6) is 0 Å². The summed E-state index contributed by atoms with van der Waals surface area (Å²) in [5, 5.41) is 6.89. The van der Waals surface area contributed by atoms with Crippen molar-refractivity contribution in [1.29, 1.82) is 0 Å². The molecule has 1 heterocycles. The molecule has 1 aromatic rings. The first-order chi connectivity index (χ1) is 10.2. The van der Waals surface area contributed by atoms with Crippen LogP contribution in [-0.4, -0.2) is 40.3 Å². The minimum absolute atomic E-state index is 0.250. The van der Waals surface area contributed by atoms with Crippen molar-refractivity contribution in [1.82, 2.24) is 9.97 Å². The fourth-order valence-corrected chi connectivity index (χ4v) is 1.23. The minimum atomic E-state index is -0.250. The predicted molar refractivity (Wildman–Crippen MR) is 87.3 cm³/mol. The van der Waals surface area contributed by atoms with Gasteiger partial charge in [0.05, 0.1) is 5.69 Å². The molecule has 1 aromatic heterocycles. The predicted octanol–water partition coefficient (Wildman–Crippen LogP) is 2.42. The van der Waals surface area contributed by atoms with Crippen molar-refractivity contribution >= 4 is 18.8 Å². The molecule has 118 valence electrons. The van der Waals surface area contributed by atoms with Crippen LogP contribution in [0.2, 0.25) is 0 Å². The van der Waals surface area contributed by atoms with Gasteiger partial charge >= 0.3 is 0 Å². The van der Waals surface area contributed by atoms with Crippen LogP contribution in [0.4, 0.5) is 0 Å². The molecule has 0 amide bonds. The van der Waals surface area contributed by atoms with Gasteiger partial charge in [-0.3, -0.25) is 9.79 Å². The fourth-order valence-electron chi connectivity index (χ4n) is 1.23. The molecule has 0 spiro atoms. The van der Waals surface area contributed by atoms with Gasteiger partial charge in [0.25, 0.3) is 6.47 Å². The Morgan fingerprint density at radius 2 is 2.14 bits per heavy atom. The number of carbonyl (C=O) groups is 1. The van der Waals surface area contributed by atoms with Crippen molar-refractivity contribution < 1.29 is 9.90 Å². The van der Waals surface area contributed by atoms with E-state index in [-0.39, 0.29) is 6.47 Å². The number of hydrogen-bond donors (Lipinski definition) is 2. The molecule has 0 aliphatic rings. The molecule has 1 atom stereocenters. The van der Waals surface area contributed by atoms with Gasteiger partial charge in [-0.05, 0) is 44.5 Å². The zero-order valence-electron chi connectivity index (χ0n) is 13.0. The summed E-state index contributed by atoms with van der Waals surface area (Å²) < 4.78 is 0. The van der Waals surface area contributed by atoms with E-state index in [1.54, 1.807) is 6.20 Å². The summed E-state index contributed by atoms with van der Waals surface area (Å²) in [6, 6.07) is 2.18. The molecule has 0 radical (unpaired) electrons. The van der Waals surface area contributed by atoms with E-state index in [1.807, 2.05) is 38.3 Å². The average Bonchev–Trinajstić information content (AvgIpc) is 2.53. The number of aromatic nitrogens is 2. The summed E-state index contributed by atoms with van der Waals surface area (Å²) in [6.07, 6.45) is 10.9. The highest BCUT2D eigenvalue weighted by atomic mass is 16.3. The number of allylic oxidation sites excluding steroid dienone is 1. The first-order valence-electron chi connectivity index (χ1n) is 6.98. The Morgan fingerprint density at radius 1 is 1.48 bits per heavy atom. The summed E-state index contributed by atoms with van der Waals surface area (Å²) >= 11 is 0. The minimum Gasteiger partial charge on any atom is -0.483 e. The van der Waals surface area contributed by atoms with Gasteiger partial charge in [0.2, 0.25) is 0 Å². The van der Waals surface area contributed by atoms with Crippen molar-refractivity contribution in [2.75, 3.05) is 6.54 Å². The van der Waals surface area contributed by atoms with Gasteiger partial charge < -0.3 is 10.8 Å². The monoisotopic (exact) mass is 294 g/mol. The van der Waals surface area contributed by atoms with Crippen molar-refractivity contribution in [3.63, 3.8) is 0 Å². The standard InChI is InChI=1S/C12H18N4.C2H6.CH2O2/c1-11(4-2-7-13)15-8-3-5-12-6-9-14-10-16-12;1-2;2-1-3/h3,5-6,8-11H,2,4,7,13H2,1H3;1-2H3;1H,(H,2,3)/b5-3+,15-8?;;. The van der Waals surface area contributed by atoms with Crippen LogP contribution in [0.15, 0.2) is 29.7 Å². The number of aliphatic imine (C=N–C) groups is 1. The van der Waals surface area contributed by atoms with Crippen molar-refractivity contribution in [2.45, 2.75) is 39.7 Å². The second kappa shape index (κ2) is 17.9. The molecule has 21 heavy (non-hydrogen) atoms. The van der Waals surface area contributed by atoms with Gasteiger partial charge in [-0.15, -0.1) is 0 Å². The molecule has 6 heteroatoms.